The summed E-state index contributed by atoms with van der Waals surface area (Å²) in [6.07, 6.45) is 2.00. The van der Waals surface area contributed by atoms with E-state index in [1.54, 1.807) is 0 Å². The van der Waals surface area contributed by atoms with Gasteiger partial charge in [0.1, 0.15) is 0 Å². The molecule has 1 aliphatic rings. The lowest BCUT2D eigenvalue weighted by Gasteiger charge is -2.15. The van der Waals surface area contributed by atoms with Crippen LogP contribution in [0.2, 0.25) is 0 Å². The molecule has 0 aliphatic carbocycles. The molecule has 3 rings (SSSR count). The summed E-state index contributed by atoms with van der Waals surface area (Å²) >= 11 is 0. The summed E-state index contributed by atoms with van der Waals surface area (Å²) in [6.45, 7) is 6.47. The summed E-state index contributed by atoms with van der Waals surface area (Å²) in [5.41, 5.74) is 3.78. The lowest BCUT2D eigenvalue weighted by Crippen LogP contribution is -2.29. The number of aromatic nitrogens is 2. The maximum Gasteiger partial charge on any atom is 0.274 e. The molecule has 1 aromatic carbocycles. The fourth-order valence-electron chi connectivity index (χ4n) is 3.39. The Hall–Kier alpha value is -2.14. The Labute approximate surface area is 142 Å². The molecule has 1 unspecified atom stereocenters. The Kier molecular flexibility index (Phi) is 5.00. The smallest absolute Gasteiger partial charge is 0.274 e. The van der Waals surface area contributed by atoms with Gasteiger partial charge in [0.25, 0.3) is 5.91 Å². The first-order valence-corrected chi connectivity index (χ1v) is 8.63. The topological polar surface area (TPSA) is 58.4 Å². The molecule has 0 radical (unpaired) electrons. The summed E-state index contributed by atoms with van der Waals surface area (Å²) < 4.78 is 1.86. The molecule has 128 valence electrons. The number of likely N-dealkylation sites (tertiary alicyclic amines) is 1. The lowest BCUT2D eigenvalue weighted by molar-refractivity contribution is 0.0780. The van der Waals surface area contributed by atoms with Crippen molar-refractivity contribution >= 4 is 5.91 Å². The largest absolute Gasteiger partial charge is 0.392 e. The number of carbonyl (C=O) groups is 1. The molecule has 5 heteroatoms. The van der Waals surface area contributed by atoms with Gasteiger partial charge in [0.15, 0.2) is 5.69 Å². The van der Waals surface area contributed by atoms with E-state index in [1.807, 2.05) is 41.6 Å². The third-order valence-corrected chi connectivity index (χ3v) is 4.80. The van der Waals surface area contributed by atoms with E-state index in [-0.39, 0.29) is 12.5 Å². The molecule has 0 spiro atoms. The van der Waals surface area contributed by atoms with E-state index in [0.29, 0.717) is 11.6 Å². The summed E-state index contributed by atoms with van der Waals surface area (Å²) in [5, 5.41) is 13.5. The molecule has 5 nitrogen and oxygen atoms in total. The Bertz CT molecular complexity index is 706. The van der Waals surface area contributed by atoms with E-state index in [9.17, 15) is 4.79 Å². The summed E-state index contributed by atoms with van der Waals surface area (Å²) in [5.74, 6) is 0.534. The summed E-state index contributed by atoms with van der Waals surface area (Å²) in [4.78, 5) is 14.6. The molecule has 24 heavy (non-hydrogen) atoms. The van der Waals surface area contributed by atoms with Crippen LogP contribution in [-0.2, 0) is 19.6 Å². The molecule has 1 amide bonds. The van der Waals surface area contributed by atoms with Crippen LogP contribution in [0.3, 0.4) is 0 Å². The van der Waals surface area contributed by atoms with Gasteiger partial charge in [-0.25, -0.2) is 0 Å². The number of amides is 1. The molecule has 1 aromatic heterocycles. The van der Waals surface area contributed by atoms with Gasteiger partial charge >= 0.3 is 0 Å². The van der Waals surface area contributed by atoms with Gasteiger partial charge in [-0.15, -0.1) is 0 Å². The highest BCUT2D eigenvalue weighted by atomic mass is 16.3. The second-order valence-corrected chi connectivity index (χ2v) is 6.57. The van der Waals surface area contributed by atoms with Crippen molar-refractivity contribution in [3.63, 3.8) is 0 Å². The molecule has 1 atom stereocenters. The van der Waals surface area contributed by atoms with Crippen LogP contribution in [0, 0.1) is 12.8 Å². The minimum Gasteiger partial charge on any atom is -0.392 e. The number of nitrogens with zero attached hydrogens (tertiary/aromatic N) is 3. The number of carbonyl (C=O) groups excluding carboxylic acids is 1. The SMILES string of the molecule is CCn1nc(C(=O)N2CCC(Cc3ccc(CO)cc3)C2)cc1C. The van der Waals surface area contributed by atoms with Gasteiger partial charge < -0.3 is 10.0 Å². The molecule has 0 saturated carbocycles. The van der Waals surface area contributed by atoms with Crippen molar-refractivity contribution < 1.29 is 9.90 Å². The number of aryl methyl sites for hydroxylation is 2. The molecule has 0 bridgehead atoms. The van der Waals surface area contributed by atoms with E-state index in [4.69, 9.17) is 5.11 Å². The van der Waals surface area contributed by atoms with Crippen molar-refractivity contribution in [1.29, 1.82) is 0 Å². The van der Waals surface area contributed by atoms with E-state index in [0.717, 1.165) is 43.7 Å². The molecule has 1 saturated heterocycles. The average molecular weight is 327 g/mol. The van der Waals surface area contributed by atoms with Crippen LogP contribution in [0.1, 0.15) is 40.7 Å². The van der Waals surface area contributed by atoms with Gasteiger partial charge in [0.05, 0.1) is 6.61 Å². The maximum absolute atomic E-state index is 12.6. The van der Waals surface area contributed by atoms with Crippen LogP contribution in [0.25, 0.3) is 0 Å². The van der Waals surface area contributed by atoms with Crippen molar-refractivity contribution in [1.82, 2.24) is 14.7 Å². The van der Waals surface area contributed by atoms with Crippen LogP contribution in [0.5, 0.6) is 0 Å². The van der Waals surface area contributed by atoms with Crippen LogP contribution in [-0.4, -0.2) is 38.8 Å². The molecular formula is C19H25N3O2. The lowest BCUT2D eigenvalue weighted by atomic mass is 9.98. The zero-order valence-electron chi connectivity index (χ0n) is 14.4. The standard InChI is InChI=1S/C19H25N3O2/c1-3-22-14(2)10-18(20-22)19(24)21-9-8-17(12-21)11-15-4-6-16(13-23)7-5-15/h4-7,10,17,23H,3,8-9,11-13H2,1-2H3. The highest BCUT2D eigenvalue weighted by Crippen LogP contribution is 2.23. The first kappa shape index (κ1) is 16.7. The number of hydrogen-bond donors (Lipinski definition) is 1. The zero-order chi connectivity index (χ0) is 17.1. The first-order valence-electron chi connectivity index (χ1n) is 8.63. The van der Waals surface area contributed by atoms with Crippen molar-refractivity contribution in [3.05, 3.63) is 52.8 Å². The number of aliphatic hydroxyl groups is 1. The van der Waals surface area contributed by atoms with E-state index >= 15 is 0 Å². The van der Waals surface area contributed by atoms with Gasteiger partial charge in [0.2, 0.25) is 0 Å². The highest BCUT2D eigenvalue weighted by molar-refractivity contribution is 5.92. The van der Waals surface area contributed by atoms with Gasteiger partial charge in [-0.2, -0.15) is 5.10 Å². The normalized spacial score (nSPS) is 17.5. The fourth-order valence-corrected chi connectivity index (χ4v) is 3.39. The number of aliphatic hydroxyl groups excluding tert-OH is 1. The zero-order valence-corrected chi connectivity index (χ0v) is 14.4. The van der Waals surface area contributed by atoms with E-state index in [2.05, 4.69) is 17.2 Å². The van der Waals surface area contributed by atoms with Crippen molar-refractivity contribution in [2.75, 3.05) is 13.1 Å². The number of rotatable bonds is 5. The minimum absolute atomic E-state index is 0.0448. The van der Waals surface area contributed by atoms with Gasteiger partial charge in [-0.3, -0.25) is 9.48 Å². The van der Waals surface area contributed by atoms with Crippen molar-refractivity contribution in [3.8, 4) is 0 Å². The van der Waals surface area contributed by atoms with E-state index in [1.165, 1.54) is 5.56 Å². The molecule has 1 aliphatic heterocycles. The Morgan fingerprint density at radius 2 is 2.00 bits per heavy atom. The molecule has 2 aromatic rings. The van der Waals surface area contributed by atoms with Crippen LogP contribution >= 0.6 is 0 Å². The highest BCUT2D eigenvalue weighted by Gasteiger charge is 2.28. The van der Waals surface area contributed by atoms with Crippen molar-refractivity contribution in [2.24, 2.45) is 5.92 Å². The van der Waals surface area contributed by atoms with Crippen LogP contribution in [0.4, 0.5) is 0 Å². The quantitative estimate of drug-likeness (QED) is 0.917. The molecule has 2 heterocycles. The predicted molar refractivity (Wildman–Crippen MR) is 92.7 cm³/mol. The van der Waals surface area contributed by atoms with Gasteiger partial charge in [-0.05, 0) is 49.8 Å². The monoisotopic (exact) mass is 327 g/mol. The summed E-state index contributed by atoms with van der Waals surface area (Å²) in [7, 11) is 0. The molecule has 1 fully saturated rings. The Morgan fingerprint density at radius 1 is 1.29 bits per heavy atom. The predicted octanol–water partition coefficient (Wildman–Crippen LogP) is 2.41. The van der Waals surface area contributed by atoms with Gasteiger partial charge in [-0.1, -0.05) is 24.3 Å². The van der Waals surface area contributed by atoms with Crippen molar-refractivity contribution in [2.45, 2.75) is 39.8 Å². The second-order valence-electron chi connectivity index (χ2n) is 6.57. The summed E-state index contributed by atoms with van der Waals surface area (Å²) in [6, 6.07) is 9.96. The molecular weight excluding hydrogens is 302 g/mol. The van der Waals surface area contributed by atoms with Crippen LogP contribution in [0.15, 0.2) is 30.3 Å². The third kappa shape index (κ3) is 3.51. The van der Waals surface area contributed by atoms with Crippen LogP contribution < -0.4 is 0 Å². The number of hydrogen-bond acceptors (Lipinski definition) is 3. The maximum atomic E-state index is 12.6. The second kappa shape index (κ2) is 7.18. The third-order valence-electron chi connectivity index (χ3n) is 4.80. The average Bonchev–Trinajstić information content (AvgIpc) is 3.21. The Morgan fingerprint density at radius 3 is 2.62 bits per heavy atom. The molecule has 1 N–H and O–H groups in total. The first-order chi connectivity index (χ1) is 11.6. The number of benzene rings is 1. The fraction of sp³-hybridized carbons (Fsp3) is 0.474. The Balaban J connectivity index is 1.60. The minimum atomic E-state index is 0.0448. The van der Waals surface area contributed by atoms with E-state index < -0.39 is 0 Å². The van der Waals surface area contributed by atoms with Gasteiger partial charge in [0, 0.05) is 25.3 Å².